The van der Waals surface area contributed by atoms with Crippen LogP contribution in [0.5, 0.6) is 0 Å². The molecular formula is C13H19ClN2O3. The summed E-state index contributed by atoms with van der Waals surface area (Å²) < 4.78 is 4.65. The quantitative estimate of drug-likeness (QED) is 0.764. The lowest BCUT2D eigenvalue weighted by molar-refractivity contribution is -0.119. The summed E-state index contributed by atoms with van der Waals surface area (Å²) in [5, 5.41) is 0. The maximum Gasteiger partial charge on any atom is 0.337 e. The second-order valence-corrected chi connectivity index (χ2v) is 4.09. The first-order chi connectivity index (χ1) is 8.54. The van der Waals surface area contributed by atoms with E-state index >= 15 is 0 Å². The lowest BCUT2D eigenvalue weighted by atomic mass is 10.0. The zero-order chi connectivity index (χ0) is 13.5. The summed E-state index contributed by atoms with van der Waals surface area (Å²) in [5.41, 5.74) is 12.1. The molecule has 4 N–H and O–H groups in total. The van der Waals surface area contributed by atoms with Gasteiger partial charge in [-0.05, 0) is 37.0 Å². The van der Waals surface area contributed by atoms with Crippen molar-refractivity contribution in [3.63, 3.8) is 0 Å². The molecule has 0 aliphatic carbocycles. The zero-order valence-electron chi connectivity index (χ0n) is 10.8. The number of carbonyl (C=O) groups excluding carboxylic acids is 2. The number of rotatable bonds is 6. The van der Waals surface area contributed by atoms with Crippen LogP contribution < -0.4 is 11.5 Å². The van der Waals surface area contributed by atoms with E-state index in [1.165, 1.54) is 7.11 Å². The van der Waals surface area contributed by atoms with E-state index in [-0.39, 0.29) is 18.4 Å². The van der Waals surface area contributed by atoms with Gasteiger partial charge in [0, 0.05) is 0 Å². The van der Waals surface area contributed by atoms with Gasteiger partial charge in [-0.3, -0.25) is 4.79 Å². The summed E-state index contributed by atoms with van der Waals surface area (Å²) in [6.45, 7) is 0. The molecule has 6 heteroatoms. The summed E-state index contributed by atoms with van der Waals surface area (Å²) >= 11 is 0. The second kappa shape index (κ2) is 8.50. The molecule has 106 valence electrons. The van der Waals surface area contributed by atoms with Crippen LogP contribution in [0, 0.1) is 0 Å². The normalized spacial score (nSPS) is 11.3. The van der Waals surface area contributed by atoms with Crippen molar-refractivity contribution in [2.75, 3.05) is 7.11 Å². The summed E-state index contributed by atoms with van der Waals surface area (Å²) in [5.74, 6) is -0.844. The van der Waals surface area contributed by atoms with Gasteiger partial charge in [-0.1, -0.05) is 12.1 Å². The van der Waals surface area contributed by atoms with E-state index in [9.17, 15) is 9.59 Å². The fourth-order valence-electron chi connectivity index (χ4n) is 1.64. The Bertz CT molecular complexity index is 438. The van der Waals surface area contributed by atoms with Crippen molar-refractivity contribution in [1.82, 2.24) is 0 Å². The number of methoxy groups -OCH3 is 1. The molecule has 19 heavy (non-hydrogen) atoms. The van der Waals surface area contributed by atoms with Gasteiger partial charge in [-0.15, -0.1) is 12.4 Å². The Hall–Kier alpha value is -1.59. The highest BCUT2D eigenvalue weighted by atomic mass is 35.5. The van der Waals surface area contributed by atoms with E-state index in [0.717, 1.165) is 18.4 Å². The van der Waals surface area contributed by atoms with Gasteiger partial charge in [0.1, 0.15) is 0 Å². The van der Waals surface area contributed by atoms with E-state index in [1.54, 1.807) is 18.2 Å². The van der Waals surface area contributed by atoms with E-state index in [2.05, 4.69) is 4.74 Å². The third kappa shape index (κ3) is 5.72. The molecule has 0 spiro atoms. The minimum Gasteiger partial charge on any atom is -0.465 e. The average molecular weight is 287 g/mol. The number of primary amides is 1. The van der Waals surface area contributed by atoms with Gasteiger partial charge in [0.2, 0.25) is 5.91 Å². The van der Waals surface area contributed by atoms with Crippen molar-refractivity contribution >= 4 is 24.3 Å². The third-order valence-electron chi connectivity index (χ3n) is 2.69. The van der Waals surface area contributed by atoms with E-state index < -0.39 is 11.9 Å². The molecule has 1 rings (SSSR count). The first kappa shape index (κ1) is 17.4. The van der Waals surface area contributed by atoms with Gasteiger partial charge in [0.15, 0.2) is 0 Å². The predicted molar refractivity (Wildman–Crippen MR) is 75.1 cm³/mol. The smallest absolute Gasteiger partial charge is 0.337 e. The SMILES string of the molecule is COC(=O)c1cccc(CCCC(N)C(N)=O)c1.Cl. The summed E-state index contributed by atoms with van der Waals surface area (Å²) in [6, 6.07) is 6.60. The lowest BCUT2D eigenvalue weighted by Gasteiger charge is -2.07. The lowest BCUT2D eigenvalue weighted by Crippen LogP contribution is -2.36. The number of hydrogen-bond acceptors (Lipinski definition) is 4. The standard InChI is InChI=1S/C13H18N2O3.ClH/c1-18-13(17)10-6-2-4-9(8-10)5-3-7-11(14)12(15)16;/h2,4,6,8,11H,3,5,7,14H2,1H3,(H2,15,16);1H. The molecule has 5 nitrogen and oxygen atoms in total. The molecule has 0 radical (unpaired) electrons. The number of aryl methyl sites for hydroxylation is 1. The second-order valence-electron chi connectivity index (χ2n) is 4.09. The van der Waals surface area contributed by atoms with Crippen LogP contribution in [-0.2, 0) is 16.0 Å². The number of hydrogen-bond donors (Lipinski definition) is 2. The first-order valence-corrected chi connectivity index (χ1v) is 5.76. The molecule has 1 aromatic carbocycles. The molecule has 0 fully saturated rings. The summed E-state index contributed by atoms with van der Waals surface area (Å²) in [4.78, 5) is 22.1. The van der Waals surface area contributed by atoms with Crippen molar-refractivity contribution in [2.45, 2.75) is 25.3 Å². The molecular weight excluding hydrogens is 268 g/mol. The Morgan fingerprint density at radius 2 is 2.05 bits per heavy atom. The van der Waals surface area contributed by atoms with E-state index in [4.69, 9.17) is 11.5 Å². The van der Waals surface area contributed by atoms with E-state index in [0.29, 0.717) is 12.0 Å². The Labute approximate surface area is 118 Å². The highest BCUT2D eigenvalue weighted by Gasteiger charge is 2.09. The van der Waals surface area contributed by atoms with E-state index in [1.807, 2.05) is 6.07 Å². The number of esters is 1. The fourth-order valence-corrected chi connectivity index (χ4v) is 1.64. The van der Waals surface area contributed by atoms with Gasteiger partial charge < -0.3 is 16.2 Å². The van der Waals surface area contributed by atoms with Crippen LogP contribution in [0.3, 0.4) is 0 Å². The minimum atomic E-state index is -0.603. The Balaban J connectivity index is 0.00000324. The van der Waals surface area contributed by atoms with Gasteiger partial charge in [0.05, 0.1) is 18.7 Å². The molecule has 0 aromatic heterocycles. The van der Waals surface area contributed by atoms with Crippen LogP contribution in [0.1, 0.15) is 28.8 Å². The summed E-state index contributed by atoms with van der Waals surface area (Å²) in [6.07, 6.45) is 2.03. The molecule has 0 aliphatic heterocycles. The van der Waals surface area contributed by atoms with Crippen molar-refractivity contribution in [2.24, 2.45) is 11.5 Å². The maximum atomic E-state index is 11.3. The largest absolute Gasteiger partial charge is 0.465 e. The maximum absolute atomic E-state index is 11.3. The highest BCUT2D eigenvalue weighted by Crippen LogP contribution is 2.10. The van der Waals surface area contributed by atoms with Crippen molar-refractivity contribution in [3.05, 3.63) is 35.4 Å². The van der Waals surface area contributed by atoms with Crippen LogP contribution >= 0.6 is 12.4 Å². The minimum absolute atomic E-state index is 0. The van der Waals surface area contributed by atoms with Crippen LogP contribution in [0.2, 0.25) is 0 Å². The molecule has 0 heterocycles. The third-order valence-corrected chi connectivity index (χ3v) is 2.69. The molecule has 0 saturated carbocycles. The van der Waals surface area contributed by atoms with Gasteiger partial charge in [-0.25, -0.2) is 4.79 Å². The number of ether oxygens (including phenoxy) is 1. The monoisotopic (exact) mass is 286 g/mol. The zero-order valence-corrected chi connectivity index (χ0v) is 11.6. The Kier molecular flexibility index (Phi) is 7.79. The van der Waals surface area contributed by atoms with Crippen LogP contribution in [-0.4, -0.2) is 25.0 Å². The Morgan fingerprint density at radius 3 is 2.63 bits per heavy atom. The Morgan fingerprint density at radius 1 is 1.37 bits per heavy atom. The highest BCUT2D eigenvalue weighted by molar-refractivity contribution is 5.89. The number of halogens is 1. The van der Waals surface area contributed by atoms with Crippen molar-refractivity contribution in [3.8, 4) is 0 Å². The average Bonchev–Trinajstić information content (AvgIpc) is 2.37. The molecule has 1 amide bonds. The molecule has 0 aliphatic rings. The topological polar surface area (TPSA) is 95.4 Å². The number of carbonyl (C=O) groups is 2. The van der Waals surface area contributed by atoms with Gasteiger partial charge >= 0.3 is 5.97 Å². The number of nitrogens with two attached hydrogens (primary N) is 2. The number of amides is 1. The van der Waals surface area contributed by atoms with Crippen molar-refractivity contribution < 1.29 is 14.3 Å². The van der Waals surface area contributed by atoms with Crippen LogP contribution in [0.15, 0.2) is 24.3 Å². The van der Waals surface area contributed by atoms with Gasteiger partial charge in [0.25, 0.3) is 0 Å². The van der Waals surface area contributed by atoms with Crippen LogP contribution in [0.25, 0.3) is 0 Å². The molecule has 1 unspecified atom stereocenters. The van der Waals surface area contributed by atoms with Crippen molar-refractivity contribution in [1.29, 1.82) is 0 Å². The first-order valence-electron chi connectivity index (χ1n) is 5.76. The van der Waals surface area contributed by atoms with Gasteiger partial charge in [-0.2, -0.15) is 0 Å². The summed E-state index contributed by atoms with van der Waals surface area (Å²) in [7, 11) is 1.35. The van der Waals surface area contributed by atoms with Crippen LogP contribution in [0.4, 0.5) is 0 Å². The fraction of sp³-hybridized carbons (Fsp3) is 0.385. The molecule has 1 aromatic rings. The molecule has 0 bridgehead atoms. The number of benzene rings is 1. The predicted octanol–water partition coefficient (Wildman–Crippen LogP) is 1.03. The molecule has 0 saturated heterocycles. The molecule has 1 atom stereocenters.